The number of carbonyl (C=O) groups excluding carboxylic acids is 2. The van der Waals surface area contributed by atoms with Crippen molar-refractivity contribution >= 4 is 50.9 Å². The fourth-order valence-corrected chi connectivity index (χ4v) is 6.29. The van der Waals surface area contributed by atoms with Crippen molar-refractivity contribution in [3.63, 3.8) is 0 Å². The number of carbonyl (C=O) groups is 3. The van der Waals surface area contributed by atoms with Crippen molar-refractivity contribution in [2.45, 2.75) is 49.3 Å². The maximum Gasteiger partial charge on any atom is 0.490 e. The maximum atomic E-state index is 13.2. The molecule has 2 aromatic rings. The van der Waals surface area contributed by atoms with Gasteiger partial charge in [-0.25, -0.2) is 13.2 Å². The predicted octanol–water partition coefficient (Wildman–Crippen LogP) is 2.93. The summed E-state index contributed by atoms with van der Waals surface area (Å²) in [5.74, 6) is -3.83. The van der Waals surface area contributed by atoms with Crippen LogP contribution in [-0.4, -0.2) is 84.7 Å². The van der Waals surface area contributed by atoms with Crippen LogP contribution in [0.1, 0.15) is 43.4 Å². The Morgan fingerprint density at radius 1 is 1.07 bits per heavy atom. The topological polar surface area (TPSA) is 186 Å². The Balaban J connectivity index is 0.000000676. The largest absolute Gasteiger partial charge is 0.490 e. The van der Waals surface area contributed by atoms with Crippen LogP contribution in [0.25, 0.3) is 0 Å². The van der Waals surface area contributed by atoms with Crippen molar-refractivity contribution in [1.82, 2.24) is 14.5 Å². The maximum absolute atomic E-state index is 13.2. The van der Waals surface area contributed by atoms with Gasteiger partial charge in [0.2, 0.25) is 21.8 Å². The zero-order chi connectivity index (χ0) is 32.8. The number of piperazine rings is 1. The summed E-state index contributed by atoms with van der Waals surface area (Å²) in [6.07, 6.45) is -3.10. The van der Waals surface area contributed by atoms with Crippen LogP contribution in [0.15, 0.2) is 47.4 Å². The highest BCUT2D eigenvalue weighted by Crippen LogP contribution is 2.31. The number of anilines is 1. The van der Waals surface area contributed by atoms with Crippen LogP contribution in [0, 0.1) is 5.41 Å². The summed E-state index contributed by atoms with van der Waals surface area (Å²) < 4.78 is 59.6. The number of carboxylic acids is 1. The molecule has 1 aliphatic heterocycles. The second-order valence-corrected chi connectivity index (χ2v) is 12.5. The van der Waals surface area contributed by atoms with Crippen LogP contribution in [0.4, 0.5) is 18.9 Å². The van der Waals surface area contributed by atoms with Crippen LogP contribution >= 0.6 is 11.6 Å². The summed E-state index contributed by atoms with van der Waals surface area (Å²) in [6, 6.07) is 11.1. The Morgan fingerprint density at radius 2 is 1.64 bits per heavy atom. The second kappa shape index (κ2) is 14.4. The number of amidine groups is 1. The lowest BCUT2D eigenvalue weighted by molar-refractivity contribution is -0.192. The summed E-state index contributed by atoms with van der Waals surface area (Å²) >= 11 is 6.39. The number of amides is 2. The van der Waals surface area contributed by atoms with E-state index in [4.69, 9.17) is 32.6 Å². The van der Waals surface area contributed by atoms with Gasteiger partial charge in [-0.3, -0.25) is 19.9 Å². The lowest BCUT2D eigenvalue weighted by Crippen LogP contribution is -2.49. The first kappa shape index (κ1) is 34.8. The van der Waals surface area contributed by atoms with Crippen molar-refractivity contribution < 1.29 is 41.1 Å². The highest BCUT2D eigenvalue weighted by atomic mass is 35.5. The number of nitrogens with one attached hydrogen (secondary N) is 3. The van der Waals surface area contributed by atoms with Crippen LogP contribution in [0.5, 0.6) is 0 Å². The third-order valence-electron chi connectivity index (χ3n) is 6.83. The molecule has 2 amide bonds. The molecule has 0 bridgehead atoms. The summed E-state index contributed by atoms with van der Waals surface area (Å²) in [7, 11) is -3.72. The molecule has 44 heavy (non-hydrogen) atoms. The highest BCUT2D eigenvalue weighted by Gasteiger charge is 2.38. The van der Waals surface area contributed by atoms with Crippen molar-refractivity contribution in [3.8, 4) is 0 Å². The second-order valence-electron chi connectivity index (χ2n) is 10.2. The van der Waals surface area contributed by atoms with Gasteiger partial charge in [-0.1, -0.05) is 17.7 Å². The molecule has 1 heterocycles. The van der Waals surface area contributed by atoms with Gasteiger partial charge in [0.05, 0.1) is 11.1 Å². The molecule has 2 aliphatic rings. The van der Waals surface area contributed by atoms with E-state index in [0.29, 0.717) is 35.9 Å². The number of carboxylic acid groups (broad SMARTS) is 1. The minimum atomic E-state index is -5.08. The molecule has 1 saturated carbocycles. The molecule has 2 aromatic carbocycles. The van der Waals surface area contributed by atoms with Crippen LogP contribution < -0.4 is 16.4 Å². The van der Waals surface area contributed by atoms with E-state index >= 15 is 0 Å². The van der Waals surface area contributed by atoms with Crippen LogP contribution in [0.3, 0.4) is 0 Å². The lowest BCUT2D eigenvalue weighted by atomic mass is 10.1. The molecule has 0 radical (unpaired) electrons. The quantitative estimate of drug-likeness (QED) is 0.154. The number of alkyl halides is 3. The van der Waals surface area contributed by atoms with Gasteiger partial charge in [-0.05, 0) is 61.7 Å². The molecule has 12 nitrogen and oxygen atoms in total. The third kappa shape index (κ3) is 9.64. The van der Waals surface area contributed by atoms with E-state index in [1.807, 2.05) is 0 Å². The number of hydrogen-bond acceptors (Lipinski definition) is 7. The Morgan fingerprint density at radius 3 is 2.11 bits per heavy atom. The number of rotatable bonds is 9. The smallest absolute Gasteiger partial charge is 0.475 e. The van der Waals surface area contributed by atoms with Gasteiger partial charge >= 0.3 is 12.1 Å². The van der Waals surface area contributed by atoms with Gasteiger partial charge in [0.1, 0.15) is 17.2 Å². The zero-order valence-electron chi connectivity index (χ0n) is 23.5. The van der Waals surface area contributed by atoms with E-state index in [-0.39, 0.29) is 15.8 Å². The summed E-state index contributed by atoms with van der Waals surface area (Å²) in [4.78, 5) is 35.9. The third-order valence-corrected chi connectivity index (χ3v) is 9.21. The molecule has 2 fully saturated rings. The number of benzene rings is 2. The molecule has 240 valence electrons. The molecule has 0 aromatic heterocycles. The molecule has 1 unspecified atom stereocenters. The van der Waals surface area contributed by atoms with E-state index in [9.17, 15) is 31.2 Å². The molecule has 4 rings (SSSR count). The number of nitrogen functional groups attached to an aromatic ring is 1. The van der Waals surface area contributed by atoms with Crippen LogP contribution in [0.2, 0.25) is 5.02 Å². The fourth-order valence-electron chi connectivity index (χ4n) is 4.34. The van der Waals surface area contributed by atoms with Crippen molar-refractivity contribution in [2.24, 2.45) is 5.73 Å². The number of sulfonamides is 1. The summed E-state index contributed by atoms with van der Waals surface area (Å²) in [5, 5.41) is 20.0. The van der Waals surface area contributed by atoms with E-state index < -0.39 is 46.4 Å². The van der Waals surface area contributed by atoms with Gasteiger partial charge in [-0.15, -0.1) is 0 Å². The first-order valence-corrected chi connectivity index (χ1v) is 15.2. The Hall–Kier alpha value is -3.73. The predicted molar refractivity (Wildman–Crippen MR) is 156 cm³/mol. The molecule has 6 N–H and O–H groups in total. The Bertz CT molecular complexity index is 1490. The molecular weight excluding hydrogens is 629 g/mol. The average molecular weight is 661 g/mol. The van der Waals surface area contributed by atoms with E-state index in [1.54, 1.807) is 37.3 Å². The molecule has 17 heteroatoms. The molecule has 1 atom stereocenters. The first-order chi connectivity index (χ1) is 20.5. The fraction of sp³-hybridized carbons (Fsp3) is 0.407. The minimum Gasteiger partial charge on any atom is -0.475 e. The van der Waals surface area contributed by atoms with Crippen molar-refractivity contribution in [1.29, 1.82) is 5.41 Å². The molecule has 1 saturated heterocycles. The lowest BCUT2D eigenvalue weighted by Gasteiger charge is -2.34. The monoisotopic (exact) mass is 660 g/mol. The number of hydrogen-bond donors (Lipinski definition) is 5. The number of halogens is 4. The normalized spacial score (nSPS) is 16.7. The SMILES string of the molecule is CC(NC(=O)CC(=O)Nc1ccc(C(=N)N)cc1)c1ccc(S(=O)(=O)N2CCN(C3CC3)CC2)c(Cl)c1.O=C(O)C(F)(F)F. The van der Waals surface area contributed by atoms with Gasteiger partial charge in [0, 0.05) is 43.5 Å². The zero-order valence-corrected chi connectivity index (χ0v) is 25.1. The number of nitrogens with zero attached hydrogens (tertiary/aromatic N) is 2. The molecule has 0 spiro atoms. The van der Waals surface area contributed by atoms with Gasteiger partial charge in [-0.2, -0.15) is 17.5 Å². The van der Waals surface area contributed by atoms with Gasteiger partial charge in [0.15, 0.2) is 0 Å². The first-order valence-electron chi connectivity index (χ1n) is 13.4. The van der Waals surface area contributed by atoms with E-state index in [0.717, 1.165) is 13.1 Å². The molecular formula is C27H32ClF3N6O6S. The van der Waals surface area contributed by atoms with Crippen molar-refractivity contribution in [3.05, 3.63) is 58.6 Å². The Kier molecular flexibility index (Phi) is 11.3. The number of nitrogens with two attached hydrogens (primary N) is 1. The molecule has 1 aliphatic carbocycles. The van der Waals surface area contributed by atoms with E-state index in [2.05, 4.69) is 15.5 Å². The highest BCUT2D eigenvalue weighted by molar-refractivity contribution is 7.89. The Labute approximate surface area is 256 Å². The standard InChI is InChI=1S/C25H31ClN6O4S.C2HF3O2/c1-16(29-23(33)15-24(34)30-19-5-2-17(3-6-19)25(27)28)18-4-9-22(21(26)14-18)37(35,36)32-12-10-31(11-13-32)20-7-8-20;3-2(4,5)1(6)7/h2-6,9,14,16,20H,7-8,10-13,15H2,1H3,(H3,27,28)(H,29,33)(H,30,34);(H,6,7). The minimum absolute atomic E-state index is 0.0477. The van der Waals surface area contributed by atoms with Gasteiger partial charge in [0.25, 0.3) is 0 Å². The number of aliphatic carboxylic acids is 1. The van der Waals surface area contributed by atoms with Crippen molar-refractivity contribution in [2.75, 3.05) is 31.5 Å². The average Bonchev–Trinajstić information content (AvgIpc) is 3.78. The van der Waals surface area contributed by atoms with Gasteiger partial charge < -0.3 is 21.5 Å². The summed E-state index contributed by atoms with van der Waals surface area (Å²) in [6.45, 7) is 4.05. The van der Waals surface area contributed by atoms with Crippen LogP contribution in [-0.2, 0) is 24.4 Å². The summed E-state index contributed by atoms with van der Waals surface area (Å²) in [5.41, 5.74) is 7.04. The van der Waals surface area contributed by atoms with E-state index in [1.165, 1.54) is 29.3 Å².